The second kappa shape index (κ2) is 8.35. The standard InChI is InChI=1S/C18H25FN4O/c1-14(4-5-18-3-2-6-24-18)22-10-17-7-16(19)12-23(17)11-15-8-20-13-21-9-15/h2-3,6,8-9,13-14,16-17,22H,4-5,7,10-12H2,1H3/t14-,16+,17+/m1/s1. The van der Waals surface area contributed by atoms with E-state index in [1.807, 2.05) is 12.1 Å². The second-order valence-corrected chi connectivity index (χ2v) is 6.59. The van der Waals surface area contributed by atoms with Crippen molar-refractivity contribution in [3.8, 4) is 0 Å². The van der Waals surface area contributed by atoms with Crippen LogP contribution < -0.4 is 5.32 Å². The van der Waals surface area contributed by atoms with Crippen molar-refractivity contribution in [2.45, 2.75) is 51.0 Å². The Kier molecular flexibility index (Phi) is 5.93. The van der Waals surface area contributed by atoms with Crippen molar-refractivity contribution in [1.82, 2.24) is 20.2 Å². The van der Waals surface area contributed by atoms with Gasteiger partial charge < -0.3 is 9.73 Å². The van der Waals surface area contributed by atoms with E-state index in [1.165, 1.54) is 6.33 Å². The van der Waals surface area contributed by atoms with E-state index in [2.05, 4.69) is 27.1 Å². The number of furan rings is 1. The SMILES string of the molecule is C[C@H](CCc1ccco1)NC[C@@H]1C[C@H](F)CN1Cc1cncnc1. The third-order valence-corrected chi connectivity index (χ3v) is 4.58. The first kappa shape index (κ1) is 17.0. The lowest BCUT2D eigenvalue weighted by atomic mass is 10.1. The predicted molar refractivity (Wildman–Crippen MR) is 90.2 cm³/mol. The van der Waals surface area contributed by atoms with Crippen LogP contribution in [0.3, 0.4) is 0 Å². The first-order chi connectivity index (χ1) is 11.7. The van der Waals surface area contributed by atoms with Crippen molar-refractivity contribution in [2.24, 2.45) is 0 Å². The van der Waals surface area contributed by atoms with Gasteiger partial charge in [0.2, 0.25) is 0 Å². The molecule has 3 rings (SSSR count). The minimum Gasteiger partial charge on any atom is -0.469 e. The molecule has 1 aliphatic rings. The molecule has 0 aliphatic carbocycles. The number of alkyl halides is 1. The molecule has 2 aromatic heterocycles. The molecule has 0 amide bonds. The van der Waals surface area contributed by atoms with E-state index in [0.29, 0.717) is 25.6 Å². The van der Waals surface area contributed by atoms with Crippen LogP contribution >= 0.6 is 0 Å². The highest BCUT2D eigenvalue weighted by molar-refractivity contribution is 5.04. The average Bonchev–Trinajstić information content (AvgIpc) is 3.22. The van der Waals surface area contributed by atoms with Gasteiger partial charge in [-0.25, -0.2) is 14.4 Å². The molecule has 6 heteroatoms. The van der Waals surface area contributed by atoms with Gasteiger partial charge in [0.25, 0.3) is 0 Å². The summed E-state index contributed by atoms with van der Waals surface area (Å²) in [5, 5.41) is 3.54. The molecule has 3 atom stereocenters. The molecule has 0 saturated carbocycles. The summed E-state index contributed by atoms with van der Waals surface area (Å²) >= 11 is 0. The van der Waals surface area contributed by atoms with E-state index in [-0.39, 0.29) is 6.04 Å². The number of aryl methyl sites for hydroxylation is 1. The molecule has 0 aromatic carbocycles. The number of halogens is 1. The van der Waals surface area contributed by atoms with Gasteiger partial charge in [0.05, 0.1) is 6.26 Å². The van der Waals surface area contributed by atoms with Gasteiger partial charge >= 0.3 is 0 Å². The van der Waals surface area contributed by atoms with Crippen LogP contribution in [-0.2, 0) is 13.0 Å². The number of nitrogens with one attached hydrogen (secondary N) is 1. The van der Waals surface area contributed by atoms with E-state index in [9.17, 15) is 4.39 Å². The Balaban J connectivity index is 1.45. The summed E-state index contributed by atoms with van der Waals surface area (Å²) in [5.41, 5.74) is 1.03. The Hall–Kier alpha value is -1.79. The fourth-order valence-corrected chi connectivity index (χ4v) is 3.23. The number of hydrogen-bond acceptors (Lipinski definition) is 5. The number of rotatable bonds is 8. The molecule has 1 aliphatic heterocycles. The number of nitrogens with zero attached hydrogens (tertiary/aromatic N) is 3. The maximum Gasteiger partial charge on any atom is 0.115 e. The molecule has 0 radical (unpaired) electrons. The van der Waals surface area contributed by atoms with Crippen molar-refractivity contribution in [3.63, 3.8) is 0 Å². The van der Waals surface area contributed by atoms with Crippen LogP contribution in [0.2, 0.25) is 0 Å². The second-order valence-electron chi connectivity index (χ2n) is 6.59. The maximum atomic E-state index is 13.9. The summed E-state index contributed by atoms with van der Waals surface area (Å²) < 4.78 is 19.2. The van der Waals surface area contributed by atoms with Crippen molar-refractivity contribution in [3.05, 3.63) is 48.4 Å². The van der Waals surface area contributed by atoms with Gasteiger partial charge in [0, 0.05) is 56.1 Å². The Morgan fingerprint density at radius 3 is 3.00 bits per heavy atom. The summed E-state index contributed by atoms with van der Waals surface area (Å²) in [6.45, 7) is 4.16. The quantitative estimate of drug-likeness (QED) is 0.805. The molecule has 24 heavy (non-hydrogen) atoms. The van der Waals surface area contributed by atoms with Gasteiger partial charge in [-0.1, -0.05) is 0 Å². The van der Waals surface area contributed by atoms with Crippen LogP contribution in [0.5, 0.6) is 0 Å². The monoisotopic (exact) mass is 332 g/mol. The smallest absolute Gasteiger partial charge is 0.115 e. The minimum atomic E-state index is -0.750. The molecule has 1 saturated heterocycles. The zero-order valence-corrected chi connectivity index (χ0v) is 14.1. The van der Waals surface area contributed by atoms with Crippen molar-refractivity contribution in [1.29, 1.82) is 0 Å². The highest BCUT2D eigenvalue weighted by Gasteiger charge is 2.32. The van der Waals surface area contributed by atoms with Crippen molar-refractivity contribution >= 4 is 0 Å². The summed E-state index contributed by atoms with van der Waals surface area (Å²) in [6.07, 6.45) is 8.59. The van der Waals surface area contributed by atoms with Crippen molar-refractivity contribution in [2.75, 3.05) is 13.1 Å². The number of hydrogen-bond donors (Lipinski definition) is 1. The molecular weight excluding hydrogens is 307 g/mol. The number of aromatic nitrogens is 2. The van der Waals surface area contributed by atoms with E-state index >= 15 is 0 Å². The lowest BCUT2D eigenvalue weighted by molar-refractivity contribution is 0.225. The Morgan fingerprint density at radius 1 is 1.42 bits per heavy atom. The molecule has 0 unspecified atom stereocenters. The lowest BCUT2D eigenvalue weighted by Gasteiger charge is -2.25. The largest absolute Gasteiger partial charge is 0.469 e. The van der Waals surface area contributed by atoms with E-state index in [0.717, 1.165) is 30.7 Å². The van der Waals surface area contributed by atoms with Gasteiger partial charge in [-0.15, -0.1) is 0 Å². The van der Waals surface area contributed by atoms with Crippen LogP contribution in [0.15, 0.2) is 41.5 Å². The maximum absolute atomic E-state index is 13.9. The summed E-state index contributed by atoms with van der Waals surface area (Å²) in [4.78, 5) is 10.3. The third kappa shape index (κ3) is 4.85. The molecule has 1 fully saturated rings. The van der Waals surface area contributed by atoms with E-state index in [4.69, 9.17) is 4.42 Å². The topological polar surface area (TPSA) is 54.2 Å². The van der Waals surface area contributed by atoms with Crippen LogP contribution in [0, 0.1) is 0 Å². The van der Waals surface area contributed by atoms with Crippen molar-refractivity contribution < 1.29 is 8.81 Å². The molecule has 1 N–H and O–H groups in total. The Labute approximate surface area is 142 Å². The van der Waals surface area contributed by atoms with Crippen LogP contribution in [0.1, 0.15) is 31.1 Å². The number of likely N-dealkylation sites (tertiary alicyclic amines) is 1. The van der Waals surface area contributed by atoms with Gasteiger partial charge in [0.1, 0.15) is 18.3 Å². The lowest BCUT2D eigenvalue weighted by Crippen LogP contribution is -2.40. The van der Waals surface area contributed by atoms with E-state index < -0.39 is 6.17 Å². The Bertz CT molecular complexity index is 592. The first-order valence-corrected chi connectivity index (χ1v) is 8.58. The van der Waals surface area contributed by atoms with Crippen LogP contribution in [0.25, 0.3) is 0 Å². The molecule has 0 bridgehead atoms. The molecule has 130 valence electrons. The van der Waals surface area contributed by atoms with Crippen LogP contribution in [0.4, 0.5) is 4.39 Å². The fraction of sp³-hybridized carbons (Fsp3) is 0.556. The average molecular weight is 332 g/mol. The van der Waals surface area contributed by atoms with Gasteiger partial charge in [-0.3, -0.25) is 4.90 Å². The fourth-order valence-electron chi connectivity index (χ4n) is 3.23. The zero-order chi connectivity index (χ0) is 16.8. The zero-order valence-electron chi connectivity index (χ0n) is 14.1. The van der Waals surface area contributed by atoms with Gasteiger partial charge in [-0.05, 0) is 31.9 Å². The molecule has 2 aromatic rings. The van der Waals surface area contributed by atoms with Gasteiger partial charge in [-0.2, -0.15) is 0 Å². The molecule has 0 spiro atoms. The van der Waals surface area contributed by atoms with E-state index in [1.54, 1.807) is 18.7 Å². The summed E-state index contributed by atoms with van der Waals surface area (Å²) in [6, 6.07) is 4.50. The molecule has 3 heterocycles. The first-order valence-electron chi connectivity index (χ1n) is 8.58. The molecular formula is C18H25FN4O. The molecule has 5 nitrogen and oxygen atoms in total. The highest BCUT2D eigenvalue weighted by Crippen LogP contribution is 2.22. The van der Waals surface area contributed by atoms with Gasteiger partial charge in [0.15, 0.2) is 0 Å². The third-order valence-electron chi connectivity index (χ3n) is 4.58. The summed E-state index contributed by atoms with van der Waals surface area (Å²) in [5.74, 6) is 1.01. The minimum absolute atomic E-state index is 0.214. The normalized spacial score (nSPS) is 22.8. The Morgan fingerprint density at radius 2 is 2.25 bits per heavy atom. The highest BCUT2D eigenvalue weighted by atomic mass is 19.1. The predicted octanol–water partition coefficient (Wildman–Crippen LogP) is 2.59. The van der Waals surface area contributed by atoms with Crippen LogP contribution in [-0.4, -0.2) is 46.2 Å². The summed E-state index contributed by atoms with van der Waals surface area (Å²) in [7, 11) is 0.